The molecule has 1 saturated heterocycles. The van der Waals surface area contributed by atoms with Gasteiger partial charge in [-0.05, 0) is 49.6 Å². The number of alkyl halides is 3. The summed E-state index contributed by atoms with van der Waals surface area (Å²) in [6, 6.07) is 10.5. The zero-order valence-corrected chi connectivity index (χ0v) is 15.9. The molecule has 1 aliphatic rings. The van der Waals surface area contributed by atoms with E-state index in [-0.39, 0.29) is 11.6 Å². The molecule has 1 aliphatic heterocycles. The number of hydrogen-bond donors (Lipinski definition) is 2. The van der Waals surface area contributed by atoms with Crippen LogP contribution < -0.4 is 5.32 Å². The number of carbonyl (C=O) groups is 1. The lowest BCUT2D eigenvalue weighted by molar-refractivity contribution is -0.136. The van der Waals surface area contributed by atoms with Gasteiger partial charge < -0.3 is 15.2 Å². The Morgan fingerprint density at radius 2 is 1.90 bits per heavy atom. The summed E-state index contributed by atoms with van der Waals surface area (Å²) >= 11 is 0. The van der Waals surface area contributed by atoms with Crippen molar-refractivity contribution in [3.8, 4) is 0 Å². The van der Waals surface area contributed by atoms with Gasteiger partial charge in [0.2, 0.25) is 0 Å². The second kappa shape index (κ2) is 7.42. The Hall–Kier alpha value is -3.03. The van der Waals surface area contributed by atoms with Crippen molar-refractivity contribution in [2.75, 3.05) is 18.4 Å². The molecule has 1 aromatic heterocycles. The fourth-order valence-electron chi connectivity index (χ4n) is 3.73. The van der Waals surface area contributed by atoms with Gasteiger partial charge in [0.25, 0.3) is 0 Å². The van der Waals surface area contributed by atoms with E-state index in [0.29, 0.717) is 25.9 Å². The molecule has 0 spiro atoms. The highest BCUT2D eigenvalue weighted by Crippen LogP contribution is 2.35. The molecule has 0 radical (unpaired) electrons. The molecule has 152 valence electrons. The number of H-pyrrole nitrogens is 1. The van der Waals surface area contributed by atoms with Crippen LogP contribution in [0.3, 0.4) is 0 Å². The molecule has 0 bridgehead atoms. The number of piperidine rings is 1. The third-order valence-electron chi connectivity index (χ3n) is 5.30. The molecule has 4 rings (SSSR count). The van der Waals surface area contributed by atoms with Crippen LogP contribution in [0.5, 0.6) is 0 Å². The van der Waals surface area contributed by atoms with E-state index in [1.165, 1.54) is 18.2 Å². The standard InChI is InChI=1S/C21H21F3N4O/c1-13-6-7-17-18(12-13)26-19(25-17)14-8-10-28(11-9-14)20(29)27-16-5-3-2-4-15(16)21(22,23)24/h2-7,12,14H,8-11H2,1H3,(H,25,26)(H,27,29). The predicted octanol–water partition coefficient (Wildman–Crippen LogP) is 5.30. The van der Waals surface area contributed by atoms with E-state index in [1.54, 1.807) is 4.90 Å². The van der Waals surface area contributed by atoms with Gasteiger partial charge in [0.15, 0.2) is 0 Å². The second-order valence-electron chi connectivity index (χ2n) is 7.38. The Balaban J connectivity index is 1.41. The first-order chi connectivity index (χ1) is 13.8. The van der Waals surface area contributed by atoms with Crippen molar-refractivity contribution in [1.82, 2.24) is 14.9 Å². The summed E-state index contributed by atoms with van der Waals surface area (Å²) < 4.78 is 39.4. The van der Waals surface area contributed by atoms with Gasteiger partial charge >= 0.3 is 12.2 Å². The molecule has 1 fully saturated rings. The van der Waals surface area contributed by atoms with Gasteiger partial charge in [0, 0.05) is 19.0 Å². The van der Waals surface area contributed by atoms with E-state index in [4.69, 9.17) is 0 Å². The van der Waals surface area contributed by atoms with Gasteiger partial charge in [-0.2, -0.15) is 13.2 Å². The number of rotatable bonds is 2. The number of aryl methyl sites for hydroxylation is 1. The van der Waals surface area contributed by atoms with Crippen LogP contribution in [0.2, 0.25) is 0 Å². The fraction of sp³-hybridized carbons (Fsp3) is 0.333. The van der Waals surface area contributed by atoms with Crippen molar-refractivity contribution in [2.24, 2.45) is 0 Å². The minimum atomic E-state index is -4.52. The number of aromatic nitrogens is 2. The van der Waals surface area contributed by atoms with Crippen LogP contribution >= 0.6 is 0 Å². The smallest absolute Gasteiger partial charge is 0.342 e. The highest BCUT2D eigenvalue weighted by Gasteiger charge is 2.34. The molecule has 2 aromatic carbocycles. The third-order valence-corrected chi connectivity index (χ3v) is 5.30. The monoisotopic (exact) mass is 402 g/mol. The number of urea groups is 1. The lowest BCUT2D eigenvalue weighted by atomic mass is 9.96. The van der Waals surface area contributed by atoms with Crippen molar-refractivity contribution < 1.29 is 18.0 Å². The molecule has 0 atom stereocenters. The molecule has 3 aromatic rings. The quantitative estimate of drug-likeness (QED) is 0.611. The van der Waals surface area contributed by atoms with Crippen molar-refractivity contribution in [1.29, 1.82) is 0 Å². The van der Waals surface area contributed by atoms with E-state index in [1.807, 2.05) is 25.1 Å². The van der Waals surface area contributed by atoms with Crippen molar-refractivity contribution in [3.05, 3.63) is 59.4 Å². The number of amides is 2. The van der Waals surface area contributed by atoms with Gasteiger partial charge in [-0.15, -0.1) is 0 Å². The minimum absolute atomic E-state index is 0.189. The number of nitrogens with zero attached hydrogens (tertiary/aromatic N) is 2. The average molecular weight is 402 g/mol. The number of carbonyl (C=O) groups excluding carboxylic acids is 1. The SMILES string of the molecule is Cc1ccc2nc(C3CCN(C(=O)Nc4ccccc4C(F)(F)F)CC3)[nH]c2c1. The maximum absolute atomic E-state index is 13.1. The molecule has 2 heterocycles. The van der Waals surface area contributed by atoms with Crippen LogP contribution in [0.25, 0.3) is 11.0 Å². The van der Waals surface area contributed by atoms with Gasteiger partial charge in [-0.25, -0.2) is 9.78 Å². The Labute approximate surface area is 165 Å². The number of benzene rings is 2. The number of anilines is 1. The molecule has 8 heteroatoms. The lowest BCUT2D eigenvalue weighted by Gasteiger charge is -2.31. The highest BCUT2D eigenvalue weighted by molar-refractivity contribution is 5.90. The Morgan fingerprint density at radius 3 is 2.62 bits per heavy atom. The molecule has 0 saturated carbocycles. The number of halogens is 3. The number of nitrogens with one attached hydrogen (secondary N) is 2. The molecule has 0 unspecified atom stereocenters. The summed E-state index contributed by atoms with van der Waals surface area (Å²) in [4.78, 5) is 22.1. The van der Waals surface area contributed by atoms with E-state index in [0.717, 1.165) is 28.5 Å². The topological polar surface area (TPSA) is 61.0 Å². The van der Waals surface area contributed by atoms with Gasteiger partial charge in [0.1, 0.15) is 5.82 Å². The highest BCUT2D eigenvalue weighted by atomic mass is 19.4. The first-order valence-corrected chi connectivity index (χ1v) is 9.49. The number of para-hydroxylation sites is 1. The Morgan fingerprint density at radius 1 is 1.17 bits per heavy atom. The molecular weight excluding hydrogens is 381 g/mol. The molecular formula is C21H21F3N4O. The third kappa shape index (κ3) is 4.06. The van der Waals surface area contributed by atoms with Gasteiger partial charge in [-0.1, -0.05) is 18.2 Å². The first kappa shape index (κ1) is 19.3. The van der Waals surface area contributed by atoms with Crippen LogP contribution in [0.4, 0.5) is 23.7 Å². The average Bonchev–Trinajstić information content (AvgIpc) is 3.11. The van der Waals surface area contributed by atoms with Gasteiger partial charge in [-0.3, -0.25) is 0 Å². The van der Waals surface area contributed by atoms with Crippen molar-refractivity contribution in [3.63, 3.8) is 0 Å². The van der Waals surface area contributed by atoms with Crippen LogP contribution in [0.15, 0.2) is 42.5 Å². The Bertz CT molecular complexity index is 1040. The molecule has 0 aliphatic carbocycles. The number of hydrogen-bond acceptors (Lipinski definition) is 2. The number of imidazole rings is 1. The predicted molar refractivity (Wildman–Crippen MR) is 105 cm³/mol. The van der Waals surface area contributed by atoms with Crippen molar-refractivity contribution in [2.45, 2.75) is 31.9 Å². The van der Waals surface area contributed by atoms with Crippen LogP contribution in [-0.2, 0) is 6.18 Å². The number of aromatic amines is 1. The van der Waals surface area contributed by atoms with E-state index in [9.17, 15) is 18.0 Å². The lowest BCUT2D eigenvalue weighted by Crippen LogP contribution is -2.41. The fourth-order valence-corrected chi connectivity index (χ4v) is 3.73. The molecule has 29 heavy (non-hydrogen) atoms. The molecule has 2 N–H and O–H groups in total. The maximum Gasteiger partial charge on any atom is 0.418 e. The largest absolute Gasteiger partial charge is 0.418 e. The summed E-state index contributed by atoms with van der Waals surface area (Å²) in [6.07, 6.45) is -3.11. The van der Waals surface area contributed by atoms with Crippen LogP contribution in [0.1, 0.15) is 35.7 Å². The van der Waals surface area contributed by atoms with Crippen molar-refractivity contribution >= 4 is 22.8 Å². The van der Waals surface area contributed by atoms with E-state index >= 15 is 0 Å². The van der Waals surface area contributed by atoms with E-state index < -0.39 is 17.8 Å². The summed E-state index contributed by atoms with van der Waals surface area (Å²) in [5, 5.41) is 2.41. The Kier molecular flexibility index (Phi) is 4.94. The zero-order valence-electron chi connectivity index (χ0n) is 15.9. The van der Waals surface area contributed by atoms with Gasteiger partial charge in [0.05, 0.1) is 22.3 Å². The van der Waals surface area contributed by atoms with E-state index in [2.05, 4.69) is 15.3 Å². The molecule has 2 amide bonds. The first-order valence-electron chi connectivity index (χ1n) is 9.49. The minimum Gasteiger partial charge on any atom is -0.342 e. The summed E-state index contributed by atoms with van der Waals surface area (Å²) in [5.41, 5.74) is 1.98. The zero-order chi connectivity index (χ0) is 20.6. The normalized spacial score (nSPS) is 15.7. The molecule has 5 nitrogen and oxygen atoms in total. The second-order valence-corrected chi connectivity index (χ2v) is 7.38. The summed E-state index contributed by atoms with van der Waals surface area (Å²) in [5.74, 6) is 1.09. The van der Waals surface area contributed by atoms with Crippen LogP contribution in [-0.4, -0.2) is 34.0 Å². The maximum atomic E-state index is 13.1. The summed E-state index contributed by atoms with van der Waals surface area (Å²) in [7, 11) is 0. The number of likely N-dealkylation sites (tertiary alicyclic amines) is 1. The number of fused-ring (bicyclic) bond motifs is 1. The van der Waals surface area contributed by atoms with Crippen LogP contribution in [0, 0.1) is 6.92 Å². The summed E-state index contributed by atoms with van der Waals surface area (Å²) in [6.45, 7) is 2.94.